The molecule has 104 valence electrons. The highest BCUT2D eigenvalue weighted by molar-refractivity contribution is 5.23. The fraction of sp³-hybridized carbons (Fsp3) is 0.692. The number of hydrogen-bond acceptors (Lipinski definition) is 4. The van der Waals surface area contributed by atoms with E-state index in [2.05, 4.69) is 4.98 Å². The van der Waals surface area contributed by atoms with Gasteiger partial charge in [0.05, 0.1) is 17.7 Å². The molecule has 6 heteroatoms. The second kappa shape index (κ2) is 4.52. The van der Waals surface area contributed by atoms with E-state index in [1.807, 2.05) is 0 Å². The molecule has 1 aliphatic heterocycles. The summed E-state index contributed by atoms with van der Waals surface area (Å²) in [5.74, 6) is 0.285. The zero-order valence-corrected chi connectivity index (χ0v) is 10.9. The molecule has 2 unspecified atom stereocenters. The summed E-state index contributed by atoms with van der Waals surface area (Å²) in [6.07, 6.45) is 3.30. The van der Waals surface area contributed by atoms with Crippen molar-refractivity contribution >= 4 is 0 Å². The van der Waals surface area contributed by atoms with Gasteiger partial charge in [-0.25, -0.2) is 4.79 Å². The predicted molar refractivity (Wildman–Crippen MR) is 68.5 cm³/mol. The molecular formula is C13H18N2O4. The topological polar surface area (TPSA) is 84.3 Å². The average Bonchev–Trinajstić information content (AvgIpc) is 3.09. The van der Waals surface area contributed by atoms with Gasteiger partial charge in [0.2, 0.25) is 5.88 Å². The van der Waals surface area contributed by atoms with Gasteiger partial charge in [0.1, 0.15) is 0 Å². The van der Waals surface area contributed by atoms with Gasteiger partial charge in [-0.3, -0.25) is 14.3 Å². The van der Waals surface area contributed by atoms with Crippen LogP contribution in [0, 0.1) is 5.92 Å². The smallest absolute Gasteiger partial charge is 0.331 e. The van der Waals surface area contributed by atoms with Gasteiger partial charge in [0.15, 0.2) is 0 Å². The quantitative estimate of drug-likeness (QED) is 0.836. The third-order valence-corrected chi connectivity index (χ3v) is 4.09. The summed E-state index contributed by atoms with van der Waals surface area (Å²) in [6.45, 7) is 2.38. The maximum absolute atomic E-state index is 12.0. The van der Waals surface area contributed by atoms with Crippen LogP contribution >= 0.6 is 0 Å². The van der Waals surface area contributed by atoms with Gasteiger partial charge >= 0.3 is 5.69 Å². The maximum Gasteiger partial charge on any atom is 0.331 e. The second-order valence-electron chi connectivity index (χ2n) is 5.31. The third kappa shape index (κ3) is 2.00. The van der Waals surface area contributed by atoms with E-state index in [0.717, 1.165) is 12.8 Å². The molecule has 0 aromatic carbocycles. The van der Waals surface area contributed by atoms with E-state index in [4.69, 9.17) is 4.74 Å². The summed E-state index contributed by atoms with van der Waals surface area (Å²) >= 11 is 0. The fourth-order valence-electron chi connectivity index (χ4n) is 2.95. The van der Waals surface area contributed by atoms with Gasteiger partial charge in [-0.05, 0) is 31.6 Å². The minimum Gasteiger partial charge on any atom is -0.494 e. The predicted octanol–water partition coefficient (Wildman–Crippen LogP) is 0.545. The van der Waals surface area contributed by atoms with E-state index < -0.39 is 11.2 Å². The lowest BCUT2D eigenvalue weighted by Crippen LogP contribution is -2.37. The van der Waals surface area contributed by atoms with Crippen LogP contribution in [0.4, 0.5) is 0 Å². The van der Waals surface area contributed by atoms with E-state index in [-0.39, 0.29) is 23.6 Å². The first-order valence-electron chi connectivity index (χ1n) is 6.81. The molecule has 2 heterocycles. The van der Waals surface area contributed by atoms with E-state index in [1.165, 1.54) is 4.57 Å². The van der Waals surface area contributed by atoms with Crippen molar-refractivity contribution in [1.82, 2.24) is 9.55 Å². The number of rotatable bonds is 3. The number of aromatic hydroxyl groups is 1. The van der Waals surface area contributed by atoms with Crippen molar-refractivity contribution in [2.75, 3.05) is 6.61 Å². The Morgan fingerprint density at radius 2 is 2.11 bits per heavy atom. The highest BCUT2D eigenvalue weighted by Crippen LogP contribution is 2.43. The molecule has 2 aliphatic rings. The number of H-pyrrole nitrogens is 1. The number of ether oxygens (including phenoxy) is 1. The van der Waals surface area contributed by atoms with Gasteiger partial charge in [-0.15, -0.1) is 0 Å². The molecule has 1 aliphatic carbocycles. The van der Waals surface area contributed by atoms with Crippen molar-refractivity contribution in [3.8, 4) is 5.88 Å². The normalized spacial score (nSPS) is 26.8. The molecule has 0 spiro atoms. The van der Waals surface area contributed by atoms with Crippen molar-refractivity contribution in [3.05, 3.63) is 26.4 Å². The maximum atomic E-state index is 12.0. The molecule has 0 radical (unpaired) electrons. The van der Waals surface area contributed by atoms with Crippen LogP contribution in [0.2, 0.25) is 0 Å². The lowest BCUT2D eigenvalue weighted by Gasteiger charge is -2.22. The molecule has 1 saturated carbocycles. The Morgan fingerprint density at radius 1 is 1.37 bits per heavy atom. The van der Waals surface area contributed by atoms with Crippen LogP contribution in [-0.2, 0) is 11.2 Å². The van der Waals surface area contributed by atoms with Crippen LogP contribution in [-0.4, -0.2) is 27.4 Å². The largest absolute Gasteiger partial charge is 0.494 e. The number of nitrogens with zero attached hydrogens (tertiary/aromatic N) is 1. The lowest BCUT2D eigenvalue weighted by atomic mass is 10.1. The SMILES string of the molecule is CCc1c(O)n(C2CCOC2C2CC2)c(=O)[nH]c1=O. The summed E-state index contributed by atoms with van der Waals surface area (Å²) < 4.78 is 7.01. The van der Waals surface area contributed by atoms with Gasteiger partial charge in [-0.2, -0.15) is 0 Å². The molecule has 2 N–H and O–H groups in total. The first-order chi connectivity index (χ1) is 9.13. The summed E-state index contributed by atoms with van der Waals surface area (Å²) in [4.78, 5) is 25.9. The molecule has 19 heavy (non-hydrogen) atoms. The van der Waals surface area contributed by atoms with E-state index in [1.54, 1.807) is 6.92 Å². The number of aromatic amines is 1. The van der Waals surface area contributed by atoms with Crippen molar-refractivity contribution in [2.24, 2.45) is 5.92 Å². The number of hydrogen-bond donors (Lipinski definition) is 2. The molecule has 6 nitrogen and oxygen atoms in total. The molecule has 3 rings (SSSR count). The van der Waals surface area contributed by atoms with Crippen molar-refractivity contribution < 1.29 is 9.84 Å². The summed E-state index contributed by atoms with van der Waals surface area (Å²) in [7, 11) is 0. The minimum absolute atomic E-state index is 0.0146. The van der Waals surface area contributed by atoms with Crippen LogP contribution in [0.3, 0.4) is 0 Å². The lowest BCUT2D eigenvalue weighted by molar-refractivity contribution is 0.0722. The van der Waals surface area contributed by atoms with Crippen molar-refractivity contribution in [2.45, 2.75) is 44.8 Å². The molecule has 2 atom stereocenters. The molecule has 1 aromatic heterocycles. The molecule has 1 saturated heterocycles. The average molecular weight is 266 g/mol. The molecule has 0 amide bonds. The Bertz CT molecular complexity index is 600. The van der Waals surface area contributed by atoms with Crippen LogP contribution in [0.1, 0.15) is 37.8 Å². The van der Waals surface area contributed by atoms with Gasteiger partial charge in [0.25, 0.3) is 5.56 Å². The van der Waals surface area contributed by atoms with Crippen LogP contribution in [0.5, 0.6) is 5.88 Å². The monoisotopic (exact) mass is 266 g/mol. The number of aromatic nitrogens is 2. The highest BCUT2D eigenvalue weighted by Gasteiger charge is 2.42. The van der Waals surface area contributed by atoms with Gasteiger partial charge in [-0.1, -0.05) is 6.92 Å². The van der Waals surface area contributed by atoms with E-state index in [0.29, 0.717) is 25.4 Å². The van der Waals surface area contributed by atoms with Crippen LogP contribution in [0.25, 0.3) is 0 Å². The van der Waals surface area contributed by atoms with E-state index >= 15 is 0 Å². The molecule has 1 aromatic rings. The molecular weight excluding hydrogens is 248 g/mol. The number of nitrogens with one attached hydrogen (secondary N) is 1. The Labute approximate surface area is 110 Å². The zero-order valence-electron chi connectivity index (χ0n) is 10.9. The third-order valence-electron chi connectivity index (χ3n) is 4.09. The van der Waals surface area contributed by atoms with Crippen molar-refractivity contribution in [3.63, 3.8) is 0 Å². The summed E-state index contributed by atoms with van der Waals surface area (Å²) in [5, 5.41) is 10.2. The minimum atomic E-state index is -0.541. The highest BCUT2D eigenvalue weighted by atomic mass is 16.5. The van der Waals surface area contributed by atoms with Crippen LogP contribution in [0.15, 0.2) is 9.59 Å². The van der Waals surface area contributed by atoms with Gasteiger partial charge < -0.3 is 9.84 Å². The zero-order chi connectivity index (χ0) is 13.6. The first-order valence-corrected chi connectivity index (χ1v) is 6.81. The van der Waals surface area contributed by atoms with Crippen LogP contribution < -0.4 is 11.2 Å². The Kier molecular flexibility index (Phi) is 2.97. The second-order valence-corrected chi connectivity index (χ2v) is 5.31. The van der Waals surface area contributed by atoms with Gasteiger partial charge in [0, 0.05) is 6.61 Å². The molecule has 0 bridgehead atoms. The Morgan fingerprint density at radius 3 is 2.74 bits per heavy atom. The molecule has 2 fully saturated rings. The summed E-state index contributed by atoms with van der Waals surface area (Å²) in [6, 6.07) is -0.165. The van der Waals surface area contributed by atoms with E-state index in [9.17, 15) is 14.7 Å². The fourth-order valence-corrected chi connectivity index (χ4v) is 2.95. The Balaban J connectivity index is 2.09. The Hall–Kier alpha value is -1.56. The summed E-state index contributed by atoms with van der Waals surface area (Å²) in [5.41, 5.74) is -0.773. The standard InChI is InChI=1S/C13H18N2O4/c1-2-8-11(16)14-13(18)15(12(8)17)9-5-6-19-10(9)7-3-4-7/h7,9-10,17H,2-6H2,1H3,(H,14,16,18). The van der Waals surface area contributed by atoms with Crippen molar-refractivity contribution in [1.29, 1.82) is 0 Å². The first kappa shape index (κ1) is 12.5.